The number of hydrogen-bond donors (Lipinski definition) is 1. The first kappa shape index (κ1) is 20.4. The highest BCUT2D eigenvalue weighted by molar-refractivity contribution is 5.58. The first-order valence-corrected chi connectivity index (χ1v) is 9.36. The highest BCUT2D eigenvalue weighted by atomic mass is 16.5. The fraction of sp³-hybridized carbons (Fsp3) is 0.217. The quantitative estimate of drug-likeness (QED) is 0.636. The smallest absolute Gasteiger partial charge is 0.266 e. The average molecular weight is 392 g/mol. The summed E-state index contributed by atoms with van der Waals surface area (Å²) in [5.41, 5.74) is 2.28. The van der Waals surface area contributed by atoms with E-state index in [2.05, 4.69) is 5.10 Å². The fourth-order valence-electron chi connectivity index (χ4n) is 2.88. The molecule has 1 unspecified atom stereocenters. The van der Waals surface area contributed by atoms with E-state index in [9.17, 15) is 9.90 Å². The maximum atomic E-state index is 12.1. The topological polar surface area (TPSA) is 73.6 Å². The van der Waals surface area contributed by atoms with Crippen molar-refractivity contribution in [3.63, 3.8) is 0 Å². The van der Waals surface area contributed by atoms with Crippen LogP contribution in [-0.4, -0.2) is 34.7 Å². The molecule has 0 bridgehead atoms. The highest BCUT2D eigenvalue weighted by Gasteiger charge is 2.12. The highest BCUT2D eigenvalue weighted by Crippen LogP contribution is 2.28. The first-order chi connectivity index (χ1) is 14.1. The standard InChI is InChI=1S/C23H24N2O4/c1-3-7-17-10-12-21(22(14-17)28-2)29-16-19(26)15-25-23(27)13-11-20(24-25)18-8-5-4-6-9-18/h3-14,19,26H,15-16H2,1-2H3. The minimum atomic E-state index is -0.911. The van der Waals surface area contributed by atoms with Crippen LogP contribution in [0.1, 0.15) is 12.5 Å². The van der Waals surface area contributed by atoms with Crippen LogP contribution < -0.4 is 15.0 Å². The van der Waals surface area contributed by atoms with E-state index >= 15 is 0 Å². The summed E-state index contributed by atoms with van der Waals surface area (Å²) in [6.45, 7) is 1.97. The van der Waals surface area contributed by atoms with E-state index in [0.29, 0.717) is 17.2 Å². The van der Waals surface area contributed by atoms with Crippen LogP contribution in [0.3, 0.4) is 0 Å². The molecule has 0 spiro atoms. The first-order valence-electron chi connectivity index (χ1n) is 9.36. The van der Waals surface area contributed by atoms with E-state index in [4.69, 9.17) is 9.47 Å². The van der Waals surface area contributed by atoms with Gasteiger partial charge in [0.1, 0.15) is 12.7 Å². The molecule has 150 valence electrons. The lowest BCUT2D eigenvalue weighted by atomic mass is 10.1. The minimum Gasteiger partial charge on any atom is -0.493 e. The summed E-state index contributed by atoms with van der Waals surface area (Å²) < 4.78 is 12.3. The molecule has 6 heteroatoms. The van der Waals surface area contributed by atoms with Gasteiger partial charge in [-0.3, -0.25) is 4.79 Å². The molecule has 0 saturated carbocycles. The predicted molar refractivity (Wildman–Crippen MR) is 113 cm³/mol. The van der Waals surface area contributed by atoms with Gasteiger partial charge in [-0.05, 0) is 30.7 Å². The van der Waals surface area contributed by atoms with Gasteiger partial charge in [-0.2, -0.15) is 5.10 Å². The van der Waals surface area contributed by atoms with Crippen LogP contribution in [-0.2, 0) is 6.54 Å². The molecule has 0 amide bonds. The van der Waals surface area contributed by atoms with Crippen molar-refractivity contribution in [3.05, 3.63) is 82.7 Å². The Hall–Kier alpha value is -3.38. The van der Waals surface area contributed by atoms with Gasteiger partial charge in [0.15, 0.2) is 11.5 Å². The van der Waals surface area contributed by atoms with Crippen molar-refractivity contribution in [3.8, 4) is 22.8 Å². The van der Waals surface area contributed by atoms with Crippen molar-refractivity contribution < 1.29 is 14.6 Å². The number of aromatic nitrogens is 2. The Labute approximate surface area is 169 Å². The maximum absolute atomic E-state index is 12.1. The second-order valence-electron chi connectivity index (χ2n) is 6.48. The van der Waals surface area contributed by atoms with Crippen LogP contribution in [0, 0.1) is 0 Å². The monoisotopic (exact) mass is 392 g/mol. The van der Waals surface area contributed by atoms with E-state index < -0.39 is 6.10 Å². The van der Waals surface area contributed by atoms with Gasteiger partial charge in [0.05, 0.1) is 19.3 Å². The Kier molecular flexibility index (Phi) is 6.81. The zero-order valence-corrected chi connectivity index (χ0v) is 16.5. The third-order valence-electron chi connectivity index (χ3n) is 4.30. The van der Waals surface area contributed by atoms with Gasteiger partial charge in [0.25, 0.3) is 5.56 Å². The molecule has 0 aliphatic heterocycles. The van der Waals surface area contributed by atoms with Crippen LogP contribution in [0.4, 0.5) is 0 Å². The van der Waals surface area contributed by atoms with Gasteiger partial charge < -0.3 is 14.6 Å². The fourth-order valence-corrected chi connectivity index (χ4v) is 2.88. The SMILES string of the molecule is CC=Cc1ccc(OCC(O)Cn2nc(-c3ccccc3)ccc2=O)c(OC)c1. The summed E-state index contributed by atoms with van der Waals surface area (Å²) in [6.07, 6.45) is 2.98. The van der Waals surface area contributed by atoms with E-state index in [0.717, 1.165) is 11.1 Å². The molecule has 6 nitrogen and oxygen atoms in total. The third-order valence-corrected chi connectivity index (χ3v) is 4.30. The third kappa shape index (κ3) is 5.33. The van der Waals surface area contributed by atoms with Gasteiger partial charge in [0, 0.05) is 11.6 Å². The number of ether oxygens (including phenoxy) is 2. The molecular formula is C23H24N2O4. The van der Waals surface area contributed by atoms with Gasteiger partial charge in [-0.15, -0.1) is 0 Å². The lowest BCUT2D eigenvalue weighted by Crippen LogP contribution is -2.31. The number of allylic oxidation sites excluding steroid dienone is 1. The number of hydrogen-bond acceptors (Lipinski definition) is 5. The van der Waals surface area contributed by atoms with Crippen LogP contribution in [0.5, 0.6) is 11.5 Å². The normalized spacial score (nSPS) is 12.1. The number of aliphatic hydroxyl groups is 1. The molecule has 0 radical (unpaired) electrons. The van der Waals surface area contributed by atoms with Crippen LogP contribution >= 0.6 is 0 Å². The van der Waals surface area contributed by atoms with Crippen LogP contribution in [0.15, 0.2) is 71.5 Å². The molecule has 1 heterocycles. The Morgan fingerprint density at radius 3 is 2.62 bits per heavy atom. The second kappa shape index (κ2) is 9.71. The van der Waals surface area contributed by atoms with Gasteiger partial charge in [-0.25, -0.2) is 4.68 Å². The molecular weight excluding hydrogens is 368 g/mol. The molecule has 1 N–H and O–H groups in total. The van der Waals surface area contributed by atoms with Gasteiger partial charge in [-0.1, -0.05) is 48.6 Å². The summed E-state index contributed by atoms with van der Waals surface area (Å²) in [6, 6.07) is 18.2. The van der Waals surface area contributed by atoms with Crippen molar-refractivity contribution in [1.82, 2.24) is 9.78 Å². The van der Waals surface area contributed by atoms with Crippen LogP contribution in [0.2, 0.25) is 0 Å². The van der Waals surface area contributed by atoms with Crippen LogP contribution in [0.25, 0.3) is 17.3 Å². The molecule has 0 aliphatic carbocycles. The largest absolute Gasteiger partial charge is 0.493 e. The minimum absolute atomic E-state index is 0.00298. The van der Waals surface area contributed by atoms with Crippen molar-refractivity contribution in [2.45, 2.75) is 19.6 Å². The zero-order chi connectivity index (χ0) is 20.6. The summed E-state index contributed by atoms with van der Waals surface area (Å²) in [7, 11) is 1.57. The number of aliphatic hydroxyl groups excluding tert-OH is 1. The maximum Gasteiger partial charge on any atom is 0.266 e. The molecule has 1 atom stereocenters. The molecule has 0 fully saturated rings. The number of benzene rings is 2. The summed E-state index contributed by atoms with van der Waals surface area (Å²) in [4.78, 5) is 12.1. The summed E-state index contributed by atoms with van der Waals surface area (Å²) in [5.74, 6) is 1.10. The molecule has 2 aromatic carbocycles. The Morgan fingerprint density at radius 2 is 1.90 bits per heavy atom. The van der Waals surface area contributed by atoms with E-state index in [1.807, 2.05) is 61.5 Å². The number of rotatable bonds is 8. The summed E-state index contributed by atoms with van der Waals surface area (Å²) >= 11 is 0. The molecule has 1 aromatic heterocycles. The van der Waals surface area contributed by atoms with Gasteiger partial charge in [0.2, 0.25) is 0 Å². The predicted octanol–water partition coefficient (Wildman–Crippen LogP) is 3.39. The Balaban J connectivity index is 1.68. The van der Waals surface area contributed by atoms with Crippen molar-refractivity contribution in [2.24, 2.45) is 0 Å². The van der Waals surface area contributed by atoms with Crippen molar-refractivity contribution >= 4 is 6.08 Å². The molecule has 3 aromatic rings. The lowest BCUT2D eigenvalue weighted by Gasteiger charge is -2.16. The molecule has 0 aliphatic rings. The lowest BCUT2D eigenvalue weighted by molar-refractivity contribution is 0.0866. The summed E-state index contributed by atoms with van der Waals surface area (Å²) in [5, 5.41) is 14.7. The number of methoxy groups -OCH3 is 1. The second-order valence-corrected chi connectivity index (χ2v) is 6.48. The van der Waals surface area contributed by atoms with E-state index in [1.165, 1.54) is 10.7 Å². The zero-order valence-electron chi connectivity index (χ0n) is 16.5. The molecule has 29 heavy (non-hydrogen) atoms. The molecule has 0 saturated heterocycles. The van der Waals surface area contributed by atoms with Gasteiger partial charge >= 0.3 is 0 Å². The molecule has 3 rings (SSSR count). The number of nitrogens with zero attached hydrogens (tertiary/aromatic N) is 2. The van der Waals surface area contributed by atoms with E-state index in [-0.39, 0.29) is 18.7 Å². The Morgan fingerprint density at radius 1 is 1.10 bits per heavy atom. The Bertz CT molecular complexity index is 1030. The van der Waals surface area contributed by atoms with Crippen molar-refractivity contribution in [2.75, 3.05) is 13.7 Å². The van der Waals surface area contributed by atoms with Crippen molar-refractivity contribution in [1.29, 1.82) is 0 Å². The van der Waals surface area contributed by atoms with E-state index in [1.54, 1.807) is 19.2 Å². The average Bonchev–Trinajstić information content (AvgIpc) is 2.75.